The molecule has 0 aromatic heterocycles. The van der Waals surface area contributed by atoms with Crippen LogP contribution in [0.1, 0.15) is 18.5 Å². The topological polar surface area (TPSA) is 46.2 Å². The minimum Gasteiger partial charge on any atom is -0.312 e. The summed E-state index contributed by atoms with van der Waals surface area (Å²) in [4.78, 5) is 0. The standard InChI is InChI=1S/C15H18BrNO2S/c1-10(20(3,18)19)15(17-2)13-8-9-14(16)12-7-5-4-6-11(12)13/h4-10,15,17H,1-3H3. The molecule has 108 valence electrons. The van der Waals surface area contributed by atoms with Gasteiger partial charge in [0.05, 0.1) is 5.25 Å². The lowest BCUT2D eigenvalue weighted by atomic mass is 9.97. The first-order chi connectivity index (χ1) is 9.36. The van der Waals surface area contributed by atoms with E-state index >= 15 is 0 Å². The van der Waals surface area contributed by atoms with Crippen LogP contribution in [-0.4, -0.2) is 27.0 Å². The predicted molar refractivity (Wildman–Crippen MR) is 87.8 cm³/mol. The largest absolute Gasteiger partial charge is 0.312 e. The molecule has 1 N–H and O–H groups in total. The van der Waals surface area contributed by atoms with Gasteiger partial charge in [0.15, 0.2) is 9.84 Å². The van der Waals surface area contributed by atoms with Crippen molar-refractivity contribution in [3.63, 3.8) is 0 Å². The fraction of sp³-hybridized carbons (Fsp3) is 0.333. The maximum atomic E-state index is 11.9. The third-order valence-corrected chi connectivity index (χ3v) is 6.01. The summed E-state index contributed by atoms with van der Waals surface area (Å²) < 4.78 is 24.7. The number of sulfone groups is 1. The lowest BCUT2D eigenvalue weighted by Gasteiger charge is -2.24. The molecule has 0 aliphatic rings. The molecule has 2 rings (SSSR count). The Morgan fingerprint density at radius 1 is 1.10 bits per heavy atom. The van der Waals surface area contributed by atoms with Gasteiger partial charge in [-0.3, -0.25) is 0 Å². The average Bonchev–Trinajstić information content (AvgIpc) is 2.41. The first kappa shape index (κ1) is 15.5. The first-order valence-electron chi connectivity index (χ1n) is 6.39. The summed E-state index contributed by atoms with van der Waals surface area (Å²) >= 11 is 3.54. The van der Waals surface area contributed by atoms with Gasteiger partial charge in [-0.2, -0.15) is 0 Å². The molecule has 20 heavy (non-hydrogen) atoms. The fourth-order valence-electron chi connectivity index (χ4n) is 2.45. The molecule has 0 heterocycles. The van der Waals surface area contributed by atoms with Crippen molar-refractivity contribution in [3.8, 4) is 0 Å². The molecule has 2 unspecified atom stereocenters. The van der Waals surface area contributed by atoms with Crippen LogP contribution in [0.2, 0.25) is 0 Å². The Balaban J connectivity index is 2.65. The monoisotopic (exact) mass is 355 g/mol. The number of hydrogen-bond donors (Lipinski definition) is 1. The molecule has 0 amide bonds. The van der Waals surface area contributed by atoms with Crippen molar-refractivity contribution in [2.75, 3.05) is 13.3 Å². The second-order valence-electron chi connectivity index (χ2n) is 4.98. The lowest BCUT2D eigenvalue weighted by molar-refractivity contribution is 0.537. The molecule has 0 saturated carbocycles. The molecule has 0 aliphatic heterocycles. The molecule has 5 heteroatoms. The Morgan fingerprint density at radius 3 is 2.25 bits per heavy atom. The summed E-state index contributed by atoms with van der Waals surface area (Å²) in [5, 5.41) is 4.81. The van der Waals surface area contributed by atoms with E-state index in [9.17, 15) is 8.42 Å². The Kier molecular flexibility index (Phi) is 4.52. The van der Waals surface area contributed by atoms with E-state index in [1.54, 1.807) is 14.0 Å². The van der Waals surface area contributed by atoms with Crippen molar-refractivity contribution >= 4 is 36.5 Å². The lowest BCUT2D eigenvalue weighted by Crippen LogP contribution is -2.33. The van der Waals surface area contributed by atoms with E-state index in [-0.39, 0.29) is 6.04 Å². The number of hydrogen-bond acceptors (Lipinski definition) is 3. The highest BCUT2D eigenvalue weighted by molar-refractivity contribution is 9.10. The van der Waals surface area contributed by atoms with Crippen LogP contribution in [-0.2, 0) is 9.84 Å². The van der Waals surface area contributed by atoms with Crippen LogP contribution >= 0.6 is 15.9 Å². The smallest absolute Gasteiger partial charge is 0.151 e. The van der Waals surface area contributed by atoms with E-state index in [0.717, 1.165) is 20.8 Å². The Hall–Kier alpha value is -0.910. The molecule has 0 saturated heterocycles. The van der Waals surface area contributed by atoms with Crippen LogP contribution in [0.15, 0.2) is 40.9 Å². The molecular weight excluding hydrogens is 338 g/mol. The van der Waals surface area contributed by atoms with Gasteiger partial charge < -0.3 is 5.32 Å². The van der Waals surface area contributed by atoms with E-state index < -0.39 is 15.1 Å². The number of fused-ring (bicyclic) bond motifs is 1. The van der Waals surface area contributed by atoms with E-state index in [4.69, 9.17) is 0 Å². The van der Waals surface area contributed by atoms with Gasteiger partial charge in [0.25, 0.3) is 0 Å². The second-order valence-corrected chi connectivity index (χ2v) is 8.24. The quantitative estimate of drug-likeness (QED) is 0.914. The number of benzene rings is 2. The minimum absolute atomic E-state index is 0.233. The Labute approximate surface area is 128 Å². The number of rotatable bonds is 4. The summed E-state index contributed by atoms with van der Waals surface area (Å²) in [6, 6.07) is 11.7. The maximum Gasteiger partial charge on any atom is 0.151 e. The van der Waals surface area contributed by atoms with E-state index in [0.29, 0.717) is 0 Å². The molecule has 2 aromatic carbocycles. The van der Waals surface area contributed by atoms with Crippen LogP contribution in [0, 0.1) is 0 Å². The molecule has 2 atom stereocenters. The van der Waals surface area contributed by atoms with Gasteiger partial charge in [-0.25, -0.2) is 8.42 Å². The van der Waals surface area contributed by atoms with E-state index in [1.807, 2.05) is 36.4 Å². The zero-order valence-electron chi connectivity index (χ0n) is 11.7. The molecule has 0 fully saturated rings. The molecule has 0 aliphatic carbocycles. The summed E-state index contributed by atoms with van der Waals surface area (Å²) in [5.74, 6) is 0. The summed E-state index contributed by atoms with van der Waals surface area (Å²) in [6.07, 6.45) is 1.28. The molecular formula is C15H18BrNO2S. The SMILES string of the molecule is CNC(c1ccc(Br)c2ccccc12)C(C)S(C)(=O)=O. The van der Waals surface area contributed by atoms with E-state index in [1.165, 1.54) is 6.26 Å². The third-order valence-electron chi connectivity index (χ3n) is 3.70. The number of nitrogens with one attached hydrogen (secondary N) is 1. The maximum absolute atomic E-state index is 11.9. The van der Waals surface area contributed by atoms with Gasteiger partial charge in [-0.05, 0) is 36.4 Å². The van der Waals surface area contributed by atoms with Crippen molar-refractivity contribution in [1.82, 2.24) is 5.32 Å². The van der Waals surface area contributed by atoms with Crippen molar-refractivity contribution in [2.24, 2.45) is 0 Å². The van der Waals surface area contributed by atoms with Gasteiger partial charge in [0.2, 0.25) is 0 Å². The van der Waals surface area contributed by atoms with Crippen LogP contribution in [0.4, 0.5) is 0 Å². The van der Waals surface area contributed by atoms with Crippen molar-refractivity contribution in [1.29, 1.82) is 0 Å². The Bertz CT molecular complexity index is 728. The molecule has 2 aromatic rings. The van der Waals surface area contributed by atoms with Crippen LogP contribution in [0.5, 0.6) is 0 Å². The third kappa shape index (κ3) is 2.90. The van der Waals surface area contributed by atoms with Gasteiger partial charge in [0, 0.05) is 16.8 Å². The predicted octanol–water partition coefficient (Wildman–Crippen LogP) is 3.30. The summed E-state index contributed by atoms with van der Waals surface area (Å²) in [7, 11) is -1.32. The molecule has 0 spiro atoms. The summed E-state index contributed by atoms with van der Waals surface area (Å²) in [6.45, 7) is 1.74. The number of halogens is 1. The van der Waals surface area contributed by atoms with Crippen molar-refractivity contribution < 1.29 is 8.42 Å². The van der Waals surface area contributed by atoms with Crippen molar-refractivity contribution in [3.05, 3.63) is 46.4 Å². The Morgan fingerprint density at radius 2 is 1.70 bits per heavy atom. The molecule has 0 bridgehead atoms. The zero-order chi connectivity index (χ0) is 14.9. The van der Waals surface area contributed by atoms with Crippen molar-refractivity contribution in [2.45, 2.75) is 18.2 Å². The highest BCUT2D eigenvalue weighted by Crippen LogP contribution is 2.32. The normalized spacial score (nSPS) is 15.2. The van der Waals surface area contributed by atoms with Gasteiger partial charge in [-0.1, -0.05) is 46.3 Å². The summed E-state index contributed by atoms with van der Waals surface area (Å²) in [5.41, 5.74) is 1.00. The van der Waals surface area contributed by atoms with Crippen LogP contribution in [0.3, 0.4) is 0 Å². The highest BCUT2D eigenvalue weighted by Gasteiger charge is 2.27. The second kappa shape index (κ2) is 5.84. The van der Waals surface area contributed by atoms with Gasteiger partial charge >= 0.3 is 0 Å². The van der Waals surface area contributed by atoms with Crippen LogP contribution in [0.25, 0.3) is 10.8 Å². The zero-order valence-corrected chi connectivity index (χ0v) is 14.1. The molecule has 3 nitrogen and oxygen atoms in total. The van der Waals surface area contributed by atoms with E-state index in [2.05, 4.69) is 21.2 Å². The average molecular weight is 356 g/mol. The van der Waals surface area contributed by atoms with Gasteiger partial charge in [0.1, 0.15) is 0 Å². The van der Waals surface area contributed by atoms with Gasteiger partial charge in [-0.15, -0.1) is 0 Å². The highest BCUT2D eigenvalue weighted by atomic mass is 79.9. The fourth-order valence-corrected chi connectivity index (χ4v) is 3.70. The van der Waals surface area contributed by atoms with Crippen LogP contribution < -0.4 is 5.32 Å². The minimum atomic E-state index is -3.12. The first-order valence-corrected chi connectivity index (χ1v) is 9.14. The molecule has 0 radical (unpaired) electrons.